The van der Waals surface area contributed by atoms with Crippen molar-refractivity contribution in [3.8, 4) is 0 Å². The van der Waals surface area contributed by atoms with Gasteiger partial charge in [-0.15, -0.1) is 11.8 Å². The molecule has 0 unspecified atom stereocenters. The molecule has 92 valence electrons. The molecule has 2 rings (SSSR count). The number of aromatic nitrogens is 3. The standard InChI is InChI=1S/C12H18N4S/c1-4-13-10-7-16-6-5-14-11(16)12(15-10)17-8-9(2)3/h5-7,9,13H,4,8H2,1-3H3. The van der Waals surface area contributed by atoms with Crippen molar-refractivity contribution >= 4 is 23.2 Å². The van der Waals surface area contributed by atoms with Crippen LogP contribution in [0.15, 0.2) is 23.6 Å². The lowest BCUT2D eigenvalue weighted by Crippen LogP contribution is -2.03. The first kappa shape index (κ1) is 12.2. The Labute approximate surface area is 106 Å². The highest BCUT2D eigenvalue weighted by atomic mass is 32.2. The molecule has 5 heteroatoms. The predicted molar refractivity (Wildman–Crippen MR) is 72.7 cm³/mol. The molecule has 1 N–H and O–H groups in total. The number of rotatable bonds is 5. The van der Waals surface area contributed by atoms with E-state index < -0.39 is 0 Å². The van der Waals surface area contributed by atoms with Crippen molar-refractivity contribution in [2.24, 2.45) is 5.92 Å². The van der Waals surface area contributed by atoms with Crippen molar-refractivity contribution in [1.29, 1.82) is 0 Å². The Hall–Kier alpha value is -1.23. The molecule has 2 aromatic rings. The fraction of sp³-hybridized carbons (Fsp3) is 0.500. The smallest absolute Gasteiger partial charge is 0.169 e. The Balaban J connectivity index is 2.32. The van der Waals surface area contributed by atoms with Crippen LogP contribution in [0.4, 0.5) is 5.82 Å². The van der Waals surface area contributed by atoms with Crippen LogP contribution in [-0.4, -0.2) is 26.7 Å². The van der Waals surface area contributed by atoms with Crippen LogP contribution in [0, 0.1) is 5.92 Å². The van der Waals surface area contributed by atoms with E-state index >= 15 is 0 Å². The Kier molecular flexibility index (Phi) is 3.89. The Bertz CT molecular complexity index is 492. The lowest BCUT2D eigenvalue weighted by molar-refractivity contribution is 0.749. The number of hydrogen-bond acceptors (Lipinski definition) is 4. The van der Waals surface area contributed by atoms with Crippen molar-refractivity contribution in [3.63, 3.8) is 0 Å². The van der Waals surface area contributed by atoms with Gasteiger partial charge in [-0.3, -0.25) is 0 Å². The third kappa shape index (κ3) is 2.91. The van der Waals surface area contributed by atoms with Crippen LogP contribution >= 0.6 is 11.8 Å². The highest BCUT2D eigenvalue weighted by molar-refractivity contribution is 7.99. The molecule has 0 aliphatic rings. The predicted octanol–water partition coefficient (Wildman–Crippen LogP) is 2.91. The Morgan fingerprint density at radius 2 is 2.29 bits per heavy atom. The van der Waals surface area contributed by atoms with Crippen LogP contribution in [0.1, 0.15) is 20.8 Å². The average molecular weight is 250 g/mol. The van der Waals surface area contributed by atoms with Crippen molar-refractivity contribution in [3.05, 3.63) is 18.6 Å². The molecular weight excluding hydrogens is 232 g/mol. The number of fused-ring (bicyclic) bond motifs is 1. The van der Waals surface area contributed by atoms with Gasteiger partial charge in [0.15, 0.2) is 5.65 Å². The highest BCUT2D eigenvalue weighted by Gasteiger charge is 2.08. The third-order valence-corrected chi connectivity index (χ3v) is 3.64. The molecule has 0 aliphatic carbocycles. The summed E-state index contributed by atoms with van der Waals surface area (Å²) >= 11 is 1.77. The number of nitrogens with zero attached hydrogens (tertiary/aromatic N) is 3. The van der Waals surface area contributed by atoms with E-state index in [2.05, 4.69) is 36.1 Å². The summed E-state index contributed by atoms with van der Waals surface area (Å²) in [5, 5.41) is 4.25. The second-order valence-corrected chi connectivity index (χ2v) is 5.33. The minimum atomic E-state index is 0.652. The van der Waals surface area contributed by atoms with Gasteiger partial charge in [0, 0.05) is 24.7 Å². The summed E-state index contributed by atoms with van der Waals surface area (Å²) in [6.07, 6.45) is 5.74. The monoisotopic (exact) mass is 250 g/mol. The quantitative estimate of drug-likeness (QED) is 0.829. The summed E-state index contributed by atoms with van der Waals surface area (Å²) in [6.45, 7) is 7.37. The van der Waals surface area contributed by atoms with Crippen LogP contribution < -0.4 is 5.32 Å². The molecule has 0 spiro atoms. The summed E-state index contributed by atoms with van der Waals surface area (Å²) in [5.74, 6) is 2.62. The SMILES string of the molecule is CCNc1cn2ccnc2c(SCC(C)C)n1. The Morgan fingerprint density at radius 3 is 3.00 bits per heavy atom. The van der Waals surface area contributed by atoms with Gasteiger partial charge in [-0.25, -0.2) is 9.97 Å². The van der Waals surface area contributed by atoms with Gasteiger partial charge in [-0.2, -0.15) is 0 Å². The fourth-order valence-electron chi connectivity index (χ4n) is 1.51. The molecule has 0 aliphatic heterocycles. The number of anilines is 1. The van der Waals surface area contributed by atoms with Gasteiger partial charge in [-0.1, -0.05) is 13.8 Å². The summed E-state index contributed by atoms with van der Waals surface area (Å²) in [6, 6.07) is 0. The van der Waals surface area contributed by atoms with Crippen molar-refractivity contribution in [1.82, 2.24) is 14.4 Å². The molecular formula is C12H18N4S. The second-order valence-electron chi connectivity index (χ2n) is 4.32. The van der Waals surface area contributed by atoms with Gasteiger partial charge < -0.3 is 9.72 Å². The zero-order valence-electron chi connectivity index (χ0n) is 10.5. The van der Waals surface area contributed by atoms with Gasteiger partial charge in [0.05, 0.1) is 6.20 Å². The van der Waals surface area contributed by atoms with Gasteiger partial charge in [-0.05, 0) is 12.8 Å². The molecule has 2 aromatic heterocycles. The molecule has 0 amide bonds. The molecule has 0 saturated heterocycles. The largest absolute Gasteiger partial charge is 0.369 e. The molecule has 0 fully saturated rings. The van der Waals surface area contributed by atoms with Crippen LogP contribution in [0.2, 0.25) is 0 Å². The summed E-state index contributed by atoms with van der Waals surface area (Å²) in [5.41, 5.74) is 0.942. The molecule has 0 aromatic carbocycles. The summed E-state index contributed by atoms with van der Waals surface area (Å²) in [4.78, 5) is 8.95. The molecule has 0 radical (unpaired) electrons. The highest BCUT2D eigenvalue weighted by Crippen LogP contribution is 2.24. The number of imidazole rings is 1. The van der Waals surface area contributed by atoms with E-state index in [1.54, 1.807) is 11.8 Å². The second kappa shape index (κ2) is 5.40. The lowest BCUT2D eigenvalue weighted by Gasteiger charge is -2.08. The van der Waals surface area contributed by atoms with Crippen LogP contribution in [-0.2, 0) is 0 Å². The number of nitrogens with one attached hydrogen (secondary N) is 1. The molecule has 0 saturated carbocycles. The van der Waals surface area contributed by atoms with E-state index in [0.717, 1.165) is 28.8 Å². The van der Waals surface area contributed by atoms with E-state index in [1.807, 2.05) is 23.0 Å². The maximum atomic E-state index is 4.60. The summed E-state index contributed by atoms with van der Waals surface area (Å²) in [7, 11) is 0. The molecule has 2 heterocycles. The first-order chi connectivity index (χ1) is 8.20. The molecule has 4 nitrogen and oxygen atoms in total. The number of hydrogen-bond donors (Lipinski definition) is 1. The summed E-state index contributed by atoms with van der Waals surface area (Å²) < 4.78 is 2.02. The topological polar surface area (TPSA) is 42.2 Å². The lowest BCUT2D eigenvalue weighted by atomic mass is 10.3. The van der Waals surface area contributed by atoms with E-state index in [1.165, 1.54) is 0 Å². The van der Waals surface area contributed by atoms with Gasteiger partial charge in [0.25, 0.3) is 0 Å². The van der Waals surface area contributed by atoms with Crippen molar-refractivity contribution in [2.75, 3.05) is 17.6 Å². The third-order valence-electron chi connectivity index (χ3n) is 2.25. The molecule has 0 bridgehead atoms. The first-order valence-corrected chi connectivity index (χ1v) is 6.89. The van der Waals surface area contributed by atoms with E-state index in [9.17, 15) is 0 Å². The van der Waals surface area contributed by atoms with Crippen molar-refractivity contribution < 1.29 is 0 Å². The normalized spacial score (nSPS) is 11.3. The van der Waals surface area contributed by atoms with Gasteiger partial charge in [0.2, 0.25) is 0 Å². The zero-order chi connectivity index (χ0) is 12.3. The van der Waals surface area contributed by atoms with E-state index in [-0.39, 0.29) is 0 Å². The van der Waals surface area contributed by atoms with E-state index in [0.29, 0.717) is 5.92 Å². The van der Waals surface area contributed by atoms with Gasteiger partial charge in [0.1, 0.15) is 10.8 Å². The first-order valence-electron chi connectivity index (χ1n) is 5.91. The zero-order valence-corrected chi connectivity index (χ0v) is 11.3. The van der Waals surface area contributed by atoms with Crippen molar-refractivity contribution in [2.45, 2.75) is 25.8 Å². The maximum Gasteiger partial charge on any atom is 0.169 e. The maximum absolute atomic E-state index is 4.60. The minimum absolute atomic E-state index is 0.652. The fourth-order valence-corrected chi connectivity index (χ4v) is 2.45. The number of thioether (sulfide) groups is 1. The average Bonchev–Trinajstić information content (AvgIpc) is 2.74. The van der Waals surface area contributed by atoms with Gasteiger partial charge >= 0.3 is 0 Å². The minimum Gasteiger partial charge on any atom is -0.369 e. The van der Waals surface area contributed by atoms with Crippen LogP contribution in [0.25, 0.3) is 5.65 Å². The molecule has 0 atom stereocenters. The van der Waals surface area contributed by atoms with Crippen LogP contribution in [0.5, 0.6) is 0 Å². The Morgan fingerprint density at radius 1 is 1.47 bits per heavy atom. The van der Waals surface area contributed by atoms with Crippen LogP contribution in [0.3, 0.4) is 0 Å². The van der Waals surface area contributed by atoms with E-state index in [4.69, 9.17) is 0 Å². The molecule has 17 heavy (non-hydrogen) atoms.